The van der Waals surface area contributed by atoms with Crippen LogP contribution in [0.4, 0.5) is 0 Å². The van der Waals surface area contributed by atoms with E-state index in [0.717, 1.165) is 12.8 Å². The van der Waals surface area contributed by atoms with Crippen molar-refractivity contribution < 1.29 is 4.52 Å². The lowest BCUT2D eigenvalue weighted by Crippen LogP contribution is -2.47. The number of hydrogen-bond donors (Lipinski definition) is 1. The van der Waals surface area contributed by atoms with Gasteiger partial charge in [-0.1, -0.05) is 25.9 Å². The molecule has 1 aliphatic carbocycles. The lowest BCUT2D eigenvalue weighted by Gasteiger charge is -2.43. The molecule has 1 aromatic heterocycles. The van der Waals surface area contributed by atoms with Crippen LogP contribution in [0.5, 0.6) is 0 Å². The third kappa shape index (κ3) is 2.04. The largest absolute Gasteiger partial charge is 0.343 e. The summed E-state index contributed by atoms with van der Waals surface area (Å²) in [6, 6.07) is 0. The van der Waals surface area contributed by atoms with Crippen LogP contribution in [0.1, 0.15) is 45.9 Å². The summed E-state index contributed by atoms with van der Waals surface area (Å²) in [5, 5.41) is 3.90. The van der Waals surface area contributed by atoms with E-state index < -0.39 is 5.54 Å². The summed E-state index contributed by atoms with van der Waals surface area (Å²) in [7, 11) is 0. The van der Waals surface area contributed by atoms with Crippen LogP contribution in [0.15, 0.2) is 10.9 Å². The quantitative estimate of drug-likeness (QED) is 0.769. The van der Waals surface area contributed by atoms with Gasteiger partial charge in [-0.25, -0.2) is 0 Å². The molecule has 0 aromatic carbocycles. The summed E-state index contributed by atoms with van der Waals surface area (Å²) in [6.07, 6.45) is 4.43. The smallest absolute Gasteiger partial charge is 0.213 e. The van der Waals surface area contributed by atoms with Crippen molar-refractivity contribution in [2.75, 3.05) is 0 Å². The summed E-state index contributed by atoms with van der Waals surface area (Å²) in [4.78, 5) is 4.11. The molecule has 2 rings (SSSR count). The summed E-state index contributed by atoms with van der Waals surface area (Å²) in [5.41, 5.74) is 6.25. The molecular formula is C11H19N3O. The average molecular weight is 209 g/mol. The molecule has 1 aromatic rings. The third-order valence-corrected chi connectivity index (χ3v) is 3.21. The zero-order valence-electron chi connectivity index (χ0n) is 9.66. The predicted octanol–water partition coefficient (Wildman–Crippen LogP) is 2.07. The molecule has 4 heteroatoms. The van der Waals surface area contributed by atoms with Gasteiger partial charge in [0, 0.05) is 0 Å². The fraction of sp³-hybridized carbons (Fsp3) is 0.818. The van der Waals surface area contributed by atoms with Gasteiger partial charge in [-0.2, -0.15) is 4.98 Å². The number of nitrogens with zero attached hydrogens (tertiary/aromatic N) is 2. The van der Waals surface area contributed by atoms with Crippen LogP contribution in [-0.4, -0.2) is 10.1 Å². The van der Waals surface area contributed by atoms with Gasteiger partial charge in [-0.05, 0) is 30.6 Å². The first-order valence-electron chi connectivity index (χ1n) is 5.47. The predicted molar refractivity (Wildman–Crippen MR) is 57.0 cm³/mol. The summed E-state index contributed by atoms with van der Waals surface area (Å²) in [5.74, 6) is 1.26. The Bertz CT molecular complexity index is 334. The molecule has 1 aliphatic rings. The molecule has 15 heavy (non-hydrogen) atoms. The Morgan fingerprint density at radius 3 is 2.73 bits per heavy atom. The molecular weight excluding hydrogens is 190 g/mol. The number of hydrogen-bond acceptors (Lipinski definition) is 4. The van der Waals surface area contributed by atoms with E-state index in [9.17, 15) is 0 Å². The minimum absolute atomic E-state index is 0.257. The highest BCUT2D eigenvalue weighted by Crippen LogP contribution is 2.46. The van der Waals surface area contributed by atoms with Crippen LogP contribution in [-0.2, 0) is 5.54 Å². The van der Waals surface area contributed by atoms with Crippen molar-refractivity contribution in [2.45, 2.75) is 45.6 Å². The van der Waals surface area contributed by atoms with E-state index in [1.807, 2.05) is 0 Å². The Kier molecular flexibility index (Phi) is 2.34. The second kappa shape index (κ2) is 3.30. The number of aromatic nitrogens is 2. The lowest BCUT2D eigenvalue weighted by molar-refractivity contribution is 0.0998. The topological polar surface area (TPSA) is 64.9 Å². The van der Waals surface area contributed by atoms with Crippen LogP contribution in [0, 0.1) is 11.3 Å². The highest BCUT2D eigenvalue weighted by molar-refractivity contribution is 5.07. The third-order valence-electron chi connectivity index (χ3n) is 3.21. The standard InChI is InChI=1S/C11H19N3O/c1-8-4-10(2,3)6-11(12,5-8)9-13-7-15-14-9/h7-8H,4-6,12H2,1-3H3. The minimum atomic E-state index is -0.409. The van der Waals surface area contributed by atoms with Gasteiger partial charge in [0.15, 0.2) is 5.82 Å². The molecule has 0 radical (unpaired) electrons. The number of nitrogens with two attached hydrogens (primary N) is 1. The van der Waals surface area contributed by atoms with E-state index >= 15 is 0 Å². The van der Waals surface area contributed by atoms with E-state index in [-0.39, 0.29) is 5.41 Å². The molecule has 1 saturated carbocycles. The maximum absolute atomic E-state index is 6.41. The molecule has 0 saturated heterocycles. The van der Waals surface area contributed by atoms with Gasteiger partial charge in [0.1, 0.15) is 0 Å². The van der Waals surface area contributed by atoms with Crippen molar-refractivity contribution in [3.05, 3.63) is 12.2 Å². The van der Waals surface area contributed by atoms with Crippen LogP contribution in [0.3, 0.4) is 0 Å². The van der Waals surface area contributed by atoms with Crippen LogP contribution in [0.2, 0.25) is 0 Å². The molecule has 84 valence electrons. The fourth-order valence-corrected chi connectivity index (χ4v) is 3.20. The molecule has 0 bridgehead atoms. The van der Waals surface area contributed by atoms with Gasteiger partial charge in [-0.3, -0.25) is 0 Å². The molecule has 1 heterocycles. The Morgan fingerprint density at radius 1 is 1.47 bits per heavy atom. The molecule has 4 nitrogen and oxygen atoms in total. The molecule has 0 amide bonds. The highest BCUT2D eigenvalue weighted by Gasteiger charge is 2.43. The Labute approximate surface area is 90.2 Å². The van der Waals surface area contributed by atoms with Gasteiger partial charge < -0.3 is 10.3 Å². The van der Waals surface area contributed by atoms with Gasteiger partial charge in [-0.15, -0.1) is 0 Å². The van der Waals surface area contributed by atoms with Crippen molar-refractivity contribution in [3.8, 4) is 0 Å². The zero-order chi connectivity index (χ0) is 11.1. The first-order valence-corrected chi connectivity index (χ1v) is 5.47. The monoisotopic (exact) mass is 209 g/mol. The minimum Gasteiger partial charge on any atom is -0.343 e. The van der Waals surface area contributed by atoms with Gasteiger partial charge in [0.2, 0.25) is 6.39 Å². The Morgan fingerprint density at radius 2 is 2.20 bits per heavy atom. The first-order chi connectivity index (χ1) is 6.91. The van der Waals surface area contributed by atoms with Crippen molar-refractivity contribution in [3.63, 3.8) is 0 Å². The summed E-state index contributed by atoms with van der Waals surface area (Å²) >= 11 is 0. The number of rotatable bonds is 1. The zero-order valence-corrected chi connectivity index (χ0v) is 9.66. The normalized spacial score (nSPS) is 35.3. The molecule has 2 N–H and O–H groups in total. The molecule has 2 atom stereocenters. The highest BCUT2D eigenvalue weighted by atomic mass is 16.5. The molecule has 2 unspecified atom stereocenters. The Hall–Kier alpha value is -0.900. The summed E-state index contributed by atoms with van der Waals surface area (Å²) in [6.45, 7) is 6.75. The molecule has 0 spiro atoms. The second-order valence-corrected chi connectivity index (χ2v) is 5.77. The first kappa shape index (κ1) is 10.6. The fourth-order valence-electron chi connectivity index (χ4n) is 3.20. The van der Waals surface area contributed by atoms with E-state index in [0.29, 0.717) is 11.7 Å². The average Bonchev–Trinajstić information content (AvgIpc) is 2.49. The molecule has 1 fully saturated rings. The lowest BCUT2D eigenvalue weighted by atomic mass is 9.64. The van der Waals surface area contributed by atoms with Crippen molar-refractivity contribution in [1.82, 2.24) is 10.1 Å². The van der Waals surface area contributed by atoms with Crippen molar-refractivity contribution in [2.24, 2.45) is 17.1 Å². The van der Waals surface area contributed by atoms with Gasteiger partial charge in [0.05, 0.1) is 5.54 Å². The van der Waals surface area contributed by atoms with Gasteiger partial charge in [0.25, 0.3) is 0 Å². The van der Waals surface area contributed by atoms with Crippen LogP contribution >= 0.6 is 0 Å². The summed E-state index contributed by atoms with van der Waals surface area (Å²) < 4.78 is 4.80. The Balaban J connectivity index is 2.28. The van der Waals surface area contributed by atoms with E-state index in [2.05, 4.69) is 30.9 Å². The van der Waals surface area contributed by atoms with Crippen LogP contribution < -0.4 is 5.73 Å². The van der Waals surface area contributed by atoms with E-state index in [1.165, 1.54) is 12.8 Å². The molecule has 0 aliphatic heterocycles. The second-order valence-electron chi connectivity index (χ2n) is 5.77. The SMILES string of the molecule is CC1CC(C)(C)CC(N)(c2ncon2)C1. The maximum atomic E-state index is 6.41. The van der Waals surface area contributed by atoms with Crippen molar-refractivity contribution in [1.29, 1.82) is 0 Å². The van der Waals surface area contributed by atoms with Gasteiger partial charge >= 0.3 is 0 Å². The maximum Gasteiger partial charge on any atom is 0.213 e. The van der Waals surface area contributed by atoms with E-state index in [1.54, 1.807) is 0 Å². The van der Waals surface area contributed by atoms with Crippen LogP contribution in [0.25, 0.3) is 0 Å². The van der Waals surface area contributed by atoms with Crippen molar-refractivity contribution >= 4 is 0 Å². The van der Waals surface area contributed by atoms with E-state index in [4.69, 9.17) is 10.3 Å².